The molecule has 1 fully saturated rings. The Morgan fingerprint density at radius 2 is 2.22 bits per heavy atom. The summed E-state index contributed by atoms with van der Waals surface area (Å²) in [5, 5.41) is 8.54. The van der Waals surface area contributed by atoms with Crippen molar-refractivity contribution in [2.24, 2.45) is 5.92 Å². The van der Waals surface area contributed by atoms with Crippen molar-refractivity contribution in [2.45, 2.75) is 25.7 Å². The van der Waals surface area contributed by atoms with E-state index in [1.165, 1.54) is 24.8 Å². The van der Waals surface area contributed by atoms with Gasteiger partial charge in [0.15, 0.2) is 0 Å². The van der Waals surface area contributed by atoms with Crippen molar-refractivity contribution in [1.82, 2.24) is 0 Å². The van der Waals surface area contributed by atoms with Crippen molar-refractivity contribution in [2.75, 3.05) is 6.61 Å². The second-order valence-electron chi connectivity index (χ2n) is 2.76. The SMILES string of the molecule is C=C(CCO)C1CCC1. The van der Waals surface area contributed by atoms with E-state index in [1.54, 1.807) is 0 Å². The largest absolute Gasteiger partial charge is 0.396 e. The highest BCUT2D eigenvalue weighted by molar-refractivity contribution is 5.03. The van der Waals surface area contributed by atoms with Gasteiger partial charge in [-0.25, -0.2) is 0 Å². The minimum absolute atomic E-state index is 0.273. The molecular weight excluding hydrogens is 112 g/mol. The lowest BCUT2D eigenvalue weighted by Crippen LogP contribution is -2.13. The van der Waals surface area contributed by atoms with Crippen LogP contribution in [0.15, 0.2) is 12.2 Å². The van der Waals surface area contributed by atoms with E-state index in [2.05, 4.69) is 6.58 Å². The molecule has 0 saturated heterocycles. The van der Waals surface area contributed by atoms with E-state index in [1.807, 2.05) is 0 Å². The van der Waals surface area contributed by atoms with Crippen LogP contribution < -0.4 is 0 Å². The van der Waals surface area contributed by atoms with Crippen LogP contribution in [0.1, 0.15) is 25.7 Å². The zero-order valence-electron chi connectivity index (χ0n) is 5.77. The van der Waals surface area contributed by atoms with Crippen molar-refractivity contribution < 1.29 is 5.11 Å². The van der Waals surface area contributed by atoms with Gasteiger partial charge in [0.05, 0.1) is 0 Å². The lowest BCUT2D eigenvalue weighted by Gasteiger charge is -2.27. The van der Waals surface area contributed by atoms with Crippen LogP contribution in [-0.2, 0) is 0 Å². The van der Waals surface area contributed by atoms with Gasteiger partial charge in [-0.15, -0.1) is 0 Å². The van der Waals surface area contributed by atoms with Crippen molar-refractivity contribution in [3.63, 3.8) is 0 Å². The lowest BCUT2D eigenvalue weighted by atomic mass is 9.79. The van der Waals surface area contributed by atoms with E-state index in [9.17, 15) is 0 Å². The van der Waals surface area contributed by atoms with Crippen LogP contribution in [-0.4, -0.2) is 11.7 Å². The average Bonchev–Trinajstić information content (AvgIpc) is 1.60. The molecule has 0 spiro atoms. The Morgan fingerprint density at radius 1 is 1.56 bits per heavy atom. The molecule has 1 rings (SSSR count). The molecule has 0 aromatic heterocycles. The van der Waals surface area contributed by atoms with E-state index in [-0.39, 0.29) is 6.61 Å². The van der Waals surface area contributed by atoms with Crippen LogP contribution in [0.25, 0.3) is 0 Å². The number of rotatable bonds is 3. The van der Waals surface area contributed by atoms with Crippen molar-refractivity contribution in [3.05, 3.63) is 12.2 Å². The normalized spacial score (nSPS) is 19.2. The molecule has 0 amide bonds. The lowest BCUT2D eigenvalue weighted by molar-refractivity contribution is 0.280. The van der Waals surface area contributed by atoms with E-state index < -0.39 is 0 Å². The second kappa shape index (κ2) is 3.02. The fourth-order valence-electron chi connectivity index (χ4n) is 1.16. The molecule has 9 heavy (non-hydrogen) atoms. The molecule has 1 aliphatic rings. The predicted octanol–water partition coefficient (Wildman–Crippen LogP) is 1.73. The van der Waals surface area contributed by atoms with Crippen molar-refractivity contribution >= 4 is 0 Å². The third kappa shape index (κ3) is 1.55. The topological polar surface area (TPSA) is 20.2 Å². The maximum atomic E-state index is 8.54. The Kier molecular flexibility index (Phi) is 2.29. The van der Waals surface area contributed by atoms with E-state index in [4.69, 9.17) is 5.11 Å². The summed E-state index contributed by atoms with van der Waals surface area (Å²) >= 11 is 0. The Morgan fingerprint density at radius 3 is 2.56 bits per heavy atom. The molecule has 0 aromatic carbocycles. The molecule has 0 heterocycles. The van der Waals surface area contributed by atoms with E-state index in [0.29, 0.717) is 0 Å². The van der Waals surface area contributed by atoms with Gasteiger partial charge in [0, 0.05) is 6.61 Å². The molecular formula is C8H14O. The standard InChI is InChI=1S/C8H14O/c1-7(5-6-9)8-3-2-4-8/h8-9H,1-6H2. The fraction of sp³-hybridized carbons (Fsp3) is 0.750. The minimum atomic E-state index is 0.273. The molecule has 0 bridgehead atoms. The summed E-state index contributed by atoms with van der Waals surface area (Å²) in [4.78, 5) is 0. The Bertz CT molecular complexity index is 103. The van der Waals surface area contributed by atoms with Crippen LogP contribution in [0.5, 0.6) is 0 Å². The number of hydrogen-bond acceptors (Lipinski definition) is 1. The summed E-state index contributed by atoms with van der Waals surface area (Å²) < 4.78 is 0. The quantitative estimate of drug-likeness (QED) is 0.571. The third-order valence-electron chi connectivity index (χ3n) is 2.12. The zero-order chi connectivity index (χ0) is 6.69. The molecule has 0 aromatic rings. The molecule has 0 radical (unpaired) electrons. The van der Waals surface area contributed by atoms with Gasteiger partial charge in [0.1, 0.15) is 0 Å². The fourth-order valence-corrected chi connectivity index (χ4v) is 1.16. The van der Waals surface area contributed by atoms with Gasteiger partial charge >= 0.3 is 0 Å². The summed E-state index contributed by atoms with van der Waals surface area (Å²) in [6.45, 7) is 4.18. The monoisotopic (exact) mass is 126 g/mol. The number of hydrogen-bond donors (Lipinski definition) is 1. The first-order valence-electron chi connectivity index (χ1n) is 3.63. The Balaban J connectivity index is 2.16. The Hall–Kier alpha value is -0.300. The van der Waals surface area contributed by atoms with Crippen LogP contribution in [0.3, 0.4) is 0 Å². The first-order chi connectivity index (χ1) is 4.34. The van der Waals surface area contributed by atoms with E-state index >= 15 is 0 Å². The summed E-state index contributed by atoms with van der Waals surface area (Å²) in [6, 6.07) is 0. The molecule has 0 aliphatic heterocycles. The van der Waals surface area contributed by atoms with Gasteiger partial charge < -0.3 is 5.11 Å². The summed E-state index contributed by atoms with van der Waals surface area (Å²) in [7, 11) is 0. The highest BCUT2D eigenvalue weighted by atomic mass is 16.2. The molecule has 1 heteroatoms. The molecule has 1 nitrogen and oxygen atoms in total. The summed E-state index contributed by atoms with van der Waals surface area (Å²) in [6.07, 6.45) is 4.78. The molecule has 0 unspecified atom stereocenters. The third-order valence-corrected chi connectivity index (χ3v) is 2.12. The zero-order valence-corrected chi connectivity index (χ0v) is 5.77. The highest BCUT2D eigenvalue weighted by Crippen LogP contribution is 2.33. The van der Waals surface area contributed by atoms with Crippen molar-refractivity contribution in [1.29, 1.82) is 0 Å². The van der Waals surface area contributed by atoms with Crippen LogP contribution in [0.4, 0.5) is 0 Å². The molecule has 1 aliphatic carbocycles. The van der Waals surface area contributed by atoms with Crippen LogP contribution in [0, 0.1) is 5.92 Å². The van der Waals surface area contributed by atoms with Gasteiger partial charge in [0.25, 0.3) is 0 Å². The number of aliphatic hydroxyl groups excluding tert-OH is 1. The van der Waals surface area contributed by atoms with Gasteiger partial charge in [-0.1, -0.05) is 18.6 Å². The first kappa shape index (κ1) is 6.81. The maximum absolute atomic E-state index is 8.54. The number of aliphatic hydroxyl groups is 1. The Labute approximate surface area is 56.4 Å². The van der Waals surface area contributed by atoms with Crippen molar-refractivity contribution in [3.8, 4) is 0 Å². The van der Waals surface area contributed by atoms with Crippen LogP contribution >= 0.6 is 0 Å². The summed E-state index contributed by atoms with van der Waals surface area (Å²) in [5.41, 5.74) is 1.25. The van der Waals surface area contributed by atoms with Gasteiger partial charge in [-0.2, -0.15) is 0 Å². The van der Waals surface area contributed by atoms with E-state index in [0.717, 1.165) is 12.3 Å². The molecule has 0 atom stereocenters. The second-order valence-corrected chi connectivity index (χ2v) is 2.76. The van der Waals surface area contributed by atoms with Gasteiger partial charge in [-0.05, 0) is 25.2 Å². The smallest absolute Gasteiger partial charge is 0.0468 e. The minimum Gasteiger partial charge on any atom is -0.396 e. The van der Waals surface area contributed by atoms with Gasteiger partial charge in [-0.3, -0.25) is 0 Å². The maximum Gasteiger partial charge on any atom is 0.0468 e. The summed E-state index contributed by atoms with van der Waals surface area (Å²) in [5.74, 6) is 0.747. The average molecular weight is 126 g/mol. The highest BCUT2D eigenvalue weighted by Gasteiger charge is 2.19. The van der Waals surface area contributed by atoms with Crippen LogP contribution in [0.2, 0.25) is 0 Å². The molecule has 52 valence electrons. The molecule has 1 N–H and O–H groups in total. The first-order valence-corrected chi connectivity index (χ1v) is 3.63. The van der Waals surface area contributed by atoms with Gasteiger partial charge in [0.2, 0.25) is 0 Å². The predicted molar refractivity (Wildman–Crippen MR) is 38.2 cm³/mol. The molecule has 1 saturated carbocycles.